The van der Waals surface area contributed by atoms with E-state index in [2.05, 4.69) is 4.99 Å². The smallest absolute Gasteiger partial charge is 0.235 e. The number of ether oxygens (including phenoxy) is 3. The van der Waals surface area contributed by atoms with Gasteiger partial charge in [-0.2, -0.15) is 0 Å². The van der Waals surface area contributed by atoms with Gasteiger partial charge in [0.25, 0.3) is 0 Å². The van der Waals surface area contributed by atoms with Crippen LogP contribution >= 0.6 is 0 Å². The third-order valence-electron chi connectivity index (χ3n) is 2.05. The lowest BCUT2D eigenvalue weighted by atomic mass is 10.2. The van der Waals surface area contributed by atoms with E-state index >= 15 is 0 Å². The molecule has 0 radical (unpaired) electrons. The lowest BCUT2D eigenvalue weighted by molar-refractivity contribution is 0.324. The Hall–Kier alpha value is -2.00. The van der Waals surface area contributed by atoms with Crippen LogP contribution in [0.5, 0.6) is 17.2 Å². The van der Waals surface area contributed by atoms with Gasteiger partial charge in [-0.3, -0.25) is 0 Å². The van der Waals surface area contributed by atoms with Crippen molar-refractivity contribution in [1.29, 1.82) is 0 Å². The van der Waals surface area contributed by atoms with Gasteiger partial charge in [0.1, 0.15) is 0 Å². The molecular formula is C11H13NO4. The molecule has 0 N–H and O–H groups in total. The summed E-state index contributed by atoms with van der Waals surface area (Å²) in [6, 6.07) is 3.48. The van der Waals surface area contributed by atoms with Crippen LogP contribution in [0.2, 0.25) is 0 Å². The Labute approximate surface area is 93.7 Å². The van der Waals surface area contributed by atoms with Crippen molar-refractivity contribution in [3.05, 3.63) is 17.7 Å². The first-order valence-electron chi connectivity index (χ1n) is 4.59. The number of nitrogens with zero attached hydrogens (tertiary/aromatic N) is 1. The lowest BCUT2D eigenvalue weighted by Gasteiger charge is -2.13. The molecule has 0 aliphatic carbocycles. The molecule has 0 spiro atoms. The molecule has 5 nitrogen and oxygen atoms in total. The quantitative estimate of drug-likeness (QED) is 0.561. The molecule has 0 aliphatic rings. The topological polar surface area (TPSA) is 57.1 Å². The van der Waals surface area contributed by atoms with Crippen molar-refractivity contribution in [2.45, 2.75) is 6.54 Å². The van der Waals surface area contributed by atoms with Crippen LogP contribution in [0, 0.1) is 0 Å². The summed E-state index contributed by atoms with van der Waals surface area (Å²) in [5.74, 6) is 1.60. The molecule has 0 atom stereocenters. The normalized spacial score (nSPS) is 9.19. The number of benzene rings is 1. The molecule has 0 amide bonds. The summed E-state index contributed by atoms with van der Waals surface area (Å²) >= 11 is 0. The second-order valence-electron chi connectivity index (χ2n) is 2.94. The van der Waals surface area contributed by atoms with Gasteiger partial charge in [-0.25, -0.2) is 9.79 Å². The van der Waals surface area contributed by atoms with E-state index in [-0.39, 0.29) is 6.54 Å². The summed E-state index contributed by atoms with van der Waals surface area (Å²) in [4.78, 5) is 13.5. The number of hydrogen-bond acceptors (Lipinski definition) is 5. The third kappa shape index (κ3) is 2.52. The van der Waals surface area contributed by atoms with Crippen LogP contribution in [-0.2, 0) is 11.3 Å². The van der Waals surface area contributed by atoms with Crippen molar-refractivity contribution in [3.8, 4) is 17.2 Å². The molecule has 0 fully saturated rings. The summed E-state index contributed by atoms with van der Waals surface area (Å²) in [5, 5.41) is 0. The maximum atomic E-state index is 10.0. The summed E-state index contributed by atoms with van der Waals surface area (Å²) in [7, 11) is 4.59. The fraction of sp³-hybridized carbons (Fsp3) is 0.364. The summed E-state index contributed by atoms with van der Waals surface area (Å²) in [6.45, 7) is 0.236. The van der Waals surface area contributed by atoms with E-state index in [9.17, 15) is 4.79 Å². The molecule has 1 aromatic rings. The Morgan fingerprint density at radius 1 is 1.12 bits per heavy atom. The van der Waals surface area contributed by atoms with Crippen LogP contribution in [-0.4, -0.2) is 27.4 Å². The van der Waals surface area contributed by atoms with Gasteiger partial charge in [-0.05, 0) is 17.7 Å². The first kappa shape index (κ1) is 12.1. The number of isocyanates is 1. The summed E-state index contributed by atoms with van der Waals surface area (Å²) in [5.41, 5.74) is 0.790. The molecule has 0 saturated heterocycles. The lowest BCUT2D eigenvalue weighted by Crippen LogP contribution is -1.96. The van der Waals surface area contributed by atoms with Gasteiger partial charge in [0.15, 0.2) is 11.5 Å². The van der Waals surface area contributed by atoms with E-state index in [4.69, 9.17) is 14.2 Å². The van der Waals surface area contributed by atoms with Gasteiger partial charge in [-0.1, -0.05) is 0 Å². The highest BCUT2D eigenvalue weighted by atomic mass is 16.5. The monoisotopic (exact) mass is 223 g/mol. The Morgan fingerprint density at radius 3 is 2.06 bits per heavy atom. The minimum atomic E-state index is 0.236. The highest BCUT2D eigenvalue weighted by Gasteiger charge is 2.12. The van der Waals surface area contributed by atoms with E-state index < -0.39 is 0 Å². The van der Waals surface area contributed by atoms with E-state index in [1.165, 1.54) is 27.4 Å². The maximum absolute atomic E-state index is 10.0. The number of hydrogen-bond donors (Lipinski definition) is 0. The Bertz CT molecular complexity index is 385. The highest BCUT2D eigenvalue weighted by molar-refractivity contribution is 5.54. The molecule has 0 aromatic heterocycles. The standard InChI is InChI=1S/C11H13NO4/c1-14-9-4-8(6-12-7-13)5-10(15-2)11(9)16-3/h4-5H,6H2,1-3H3. The molecule has 86 valence electrons. The minimum Gasteiger partial charge on any atom is -0.493 e. The molecule has 0 heterocycles. The largest absolute Gasteiger partial charge is 0.493 e. The molecule has 0 saturated carbocycles. The Morgan fingerprint density at radius 2 is 1.69 bits per heavy atom. The molecule has 0 bridgehead atoms. The number of carbonyl (C=O) groups excluding carboxylic acids is 1. The van der Waals surface area contributed by atoms with Crippen molar-refractivity contribution in [2.24, 2.45) is 4.99 Å². The number of methoxy groups -OCH3 is 3. The molecular weight excluding hydrogens is 210 g/mol. The van der Waals surface area contributed by atoms with Gasteiger partial charge in [-0.15, -0.1) is 0 Å². The highest BCUT2D eigenvalue weighted by Crippen LogP contribution is 2.38. The molecule has 0 unspecified atom stereocenters. The number of rotatable bonds is 5. The molecule has 5 heteroatoms. The van der Waals surface area contributed by atoms with E-state index in [1.54, 1.807) is 12.1 Å². The maximum Gasteiger partial charge on any atom is 0.235 e. The summed E-state index contributed by atoms with van der Waals surface area (Å²) < 4.78 is 15.5. The minimum absolute atomic E-state index is 0.236. The SMILES string of the molecule is COc1cc(CN=C=O)cc(OC)c1OC. The van der Waals surface area contributed by atoms with E-state index in [0.717, 1.165) is 5.56 Å². The van der Waals surface area contributed by atoms with Gasteiger partial charge < -0.3 is 14.2 Å². The molecule has 16 heavy (non-hydrogen) atoms. The summed E-state index contributed by atoms with van der Waals surface area (Å²) in [6.07, 6.45) is 1.48. The van der Waals surface area contributed by atoms with Crippen LogP contribution in [0.1, 0.15) is 5.56 Å². The zero-order valence-electron chi connectivity index (χ0n) is 9.44. The van der Waals surface area contributed by atoms with Crippen molar-refractivity contribution in [1.82, 2.24) is 0 Å². The second-order valence-corrected chi connectivity index (χ2v) is 2.94. The van der Waals surface area contributed by atoms with Crippen molar-refractivity contribution < 1.29 is 19.0 Å². The van der Waals surface area contributed by atoms with Gasteiger partial charge >= 0.3 is 0 Å². The first-order chi connectivity index (χ1) is 7.76. The van der Waals surface area contributed by atoms with Gasteiger partial charge in [0, 0.05) is 0 Å². The van der Waals surface area contributed by atoms with Gasteiger partial charge in [0.05, 0.1) is 27.9 Å². The van der Waals surface area contributed by atoms with Gasteiger partial charge in [0.2, 0.25) is 11.8 Å². The van der Waals surface area contributed by atoms with Crippen LogP contribution in [0.25, 0.3) is 0 Å². The second kappa shape index (κ2) is 5.78. The third-order valence-corrected chi connectivity index (χ3v) is 2.05. The van der Waals surface area contributed by atoms with Crippen molar-refractivity contribution >= 4 is 6.08 Å². The van der Waals surface area contributed by atoms with E-state index in [1.807, 2.05) is 0 Å². The van der Waals surface area contributed by atoms with Crippen LogP contribution in [0.15, 0.2) is 17.1 Å². The van der Waals surface area contributed by atoms with Crippen LogP contribution < -0.4 is 14.2 Å². The fourth-order valence-corrected chi connectivity index (χ4v) is 1.35. The Kier molecular flexibility index (Phi) is 4.36. The average molecular weight is 223 g/mol. The van der Waals surface area contributed by atoms with Crippen molar-refractivity contribution in [3.63, 3.8) is 0 Å². The van der Waals surface area contributed by atoms with Crippen LogP contribution in [0.3, 0.4) is 0 Å². The number of aliphatic imine (C=N–C) groups is 1. The molecule has 1 rings (SSSR count). The molecule has 0 aliphatic heterocycles. The molecule has 1 aromatic carbocycles. The zero-order chi connectivity index (χ0) is 12.0. The zero-order valence-corrected chi connectivity index (χ0v) is 9.44. The van der Waals surface area contributed by atoms with Crippen molar-refractivity contribution in [2.75, 3.05) is 21.3 Å². The fourth-order valence-electron chi connectivity index (χ4n) is 1.35. The van der Waals surface area contributed by atoms with E-state index in [0.29, 0.717) is 17.2 Å². The predicted molar refractivity (Wildman–Crippen MR) is 57.9 cm³/mol. The van der Waals surface area contributed by atoms with Crippen LogP contribution in [0.4, 0.5) is 0 Å². The Balaban J connectivity index is 3.19. The average Bonchev–Trinajstić information content (AvgIpc) is 2.34. The predicted octanol–water partition coefficient (Wildman–Crippen LogP) is 1.55. The first-order valence-corrected chi connectivity index (χ1v) is 4.59.